The molecule has 0 unspecified atom stereocenters. The van der Waals surface area contributed by atoms with Crippen LogP contribution < -0.4 is 15.8 Å². The number of benzene rings is 1. The van der Waals surface area contributed by atoms with Gasteiger partial charge in [-0.1, -0.05) is 0 Å². The summed E-state index contributed by atoms with van der Waals surface area (Å²) < 4.78 is 6.17. The number of anilines is 1. The van der Waals surface area contributed by atoms with Crippen LogP contribution in [0.25, 0.3) is 0 Å². The Labute approximate surface area is 123 Å². The molecule has 2 rings (SSSR count). The fourth-order valence-corrected chi connectivity index (χ4v) is 3.20. The van der Waals surface area contributed by atoms with Gasteiger partial charge < -0.3 is 15.8 Å². The normalized spacial score (nSPS) is 10.2. The van der Waals surface area contributed by atoms with Crippen molar-refractivity contribution in [1.29, 1.82) is 0 Å². The largest absolute Gasteiger partial charge is 0.486 e. The highest BCUT2D eigenvalue weighted by molar-refractivity contribution is 9.10. The maximum absolute atomic E-state index is 10.9. The first kappa shape index (κ1) is 13.9. The number of primary amides is 1. The van der Waals surface area contributed by atoms with E-state index in [1.165, 1.54) is 0 Å². The van der Waals surface area contributed by atoms with Crippen LogP contribution in [0.2, 0.25) is 0 Å². The molecule has 3 N–H and O–H groups in total. The number of amides is 1. The minimum Gasteiger partial charge on any atom is -0.486 e. The molecule has 0 saturated heterocycles. The molecule has 19 heavy (non-hydrogen) atoms. The summed E-state index contributed by atoms with van der Waals surface area (Å²) in [6, 6.07) is 9.10. The Morgan fingerprint density at radius 2 is 2.11 bits per heavy atom. The second kappa shape index (κ2) is 6.08. The van der Waals surface area contributed by atoms with Crippen molar-refractivity contribution >= 4 is 38.9 Å². The molecule has 0 aliphatic carbocycles. The molecule has 100 valence electrons. The Kier molecular flexibility index (Phi) is 4.44. The second-order valence-corrected chi connectivity index (χ2v) is 5.80. The number of rotatable bonds is 5. The summed E-state index contributed by atoms with van der Waals surface area (Å²) in [6.07, 6.45) is 0. The third-order valence-electron chi connectivity index (χ3n) is 2.53. The Balaban J connectivity index is 1.99. The quantitative estimate of drug-likeness (QED) is 0.878. The number of methoxy groups -OCH3 is 1. The van der Waals surface area contributed by atoms with Crippen molar-refractivity contribution in [2.24, 2.45) is 5.73 Å². The molecule has 1 aromatic heterocycles. The fourth-order valence-electron chi connectivity index (χ4n) is 1.57. The molecule has 4 nitrogen and oxygen atoms in total. The number of hydrogen-bond donors (Lipinski definition) is 2. The molecule has 1 heterocycles. The van der Waals surface area contributed by atoms with E-state index in [1.54, 1.807) is 30.6 Å². The van der Waals surface area contributed by atoms with Gasteiger partial charge in [0.05, 0.1) is 11.6 Å². The van der Waals surface area contributed by atoms with Crippen LogP contribution in [0.1, 0.15) is 15.2 Å². The van der Waals surface area contributed by atoms with E-state index in [0.717, 1.165) is 20.1 Å². The van der Waals surface area contributed by atoms with Gasteiger partial charge in [-0.25, -0.2) is 0 Å². The van der Waals surface area contributed by atoms with E-state index in [2.05, 4.69) is 21.2 Å². The van der Waals surface area contributed by atoms with Gasteiger partial charge in [0.15, 0.2) is 5.06 Å². The SMILES string of the molecule is COc1sc(CNc2ccc(C(N)=O)cc2)cc1Br. The van der Waals surface area contributed by atoms with Gasteiger partial charge in [-0.05, 0) is 46.3 Å². The van der Waals surface area contributed by atoms with Gasteiger partial charge in [-0.2, -0.15) is 0 Å². The van der Waals surface area contributed by atoms with E-state index >= 15 is 0 Å². The average molecular weight is 341 g/mol. The maximum Gasteiger partial charge on any atom is 0.248 e. The molecule has 0 aliphatic rings. The molecular formula is C13H13BrN2O2S. The summed E-state index contributed by atoms with van der Waals surface area (Å²) >= 11 is 5.02. The standard InChI is InChI=1S/C13H13BrN2O2S/c1-18-13-11(14)6-10(19-13)7-16-9-4-2-8(3-5-9)12(15)17/h2-6,16H,7H2,1H3,(H2,15,17). The number of ether oxygens (including phenoxy) is 1. The molecule has 0 saturated carbocycles. The minimum atomic E-state index is -0.418. The van der Waals surface area contributed by atoms with Crippen molar-refractivity contribution in [3.05, 3.63) is 45.2 Å². The first-order valence-electron chi connectivity index (χ1n) is 5.56. The molecule has 0 radical (unpaired) electrons. The third kappa shape index (κ3) is 3.48. The average Bonchev–Trinajstić information content (AvgIpc) is 2.77. The summed E-state index contributed by atoms with van der Waals surface area (Å²) in [7, 11) is 1.65. The van der Waals surface area contributed by atoms with Crippen LogP contribution in [0.5, 0.6) is 5.06 Å². The van der Waals surface area contributed by atoms with Crippen LogP contribution in [0.15, 0.2) is 34.8 Å². The Bertz CT molecular complexity index is 581. The predicted molar refractivity (Wildman–Crippen MR) is 80.9 cm³/mol. The van der Waals surface area contributed by atoms with Gasteiger partial charge in [0.1, 0.15) is 0 Å². The van der Waals surface area contributed by atoms with E-state index in [9.17, 15) is 4.79 Å². The lowest BCUT2D eigenvalue weighted by atomic mass is 10.2. The first-order valence-corrected chi connectivity index (χ1v) is 7.17. The molecule has 1 aromatic carbocycles. The lowest BCUT2D eigenvalue weighted by molar-refractivity contribution is 0.100. The number of carbonyl (C=O) groups excluding carboxylic acids is 1. The molecule has 0 atom stereocenters. The zero-order valence-corrected chi connectivity index (χ0v) is 12.7. The number of nitrogens with two attached hydrogens (primary N) is 1. The highest BCUT2D eigenvalue weighted by Crippen LogP contribution is 2.34. The van der Waals surface area contributed by atoms with Crippen LogP contribution in [-0.2, 0) is 6.54 Å². The van der Waals surface area contributed by atoms with E-state index in [1.807, 2.05) is 18.2 Å². The zero-order chi connectivity index (χ0) is 13.8. The van der Waals surface area contributed by atoms with Crippen molar-refractivity contribution in [1.82, 2.24) is 0 Å². The van der Waals surface area contributed by atoms with Crippen molar-refractivity contribution < 1.29 is 9.53 Å². The lowest BCUT2D eigenvalue weighted by Gasteiger charge is -2.05. The van der Waals surface area contributed by atoms with Gasteiger partial charge in [-0.15, -0.1) is 11.3 Å². The van der Waals surface area contributed by atoms with E-state index in [-0.39, 0.29) is 0 Å². The van der Waals surface area contributed by atoms with E-state index in [0.29, 0.717) is 12.1 Å². The zero-order valence-electron chi connectivity index (χ0n) is 10.3. The highest BCUT2D eigenvalue weighted by atomic mass is 79.9. The summed E-state index contributed by atoms with van der Waals surface area (Å²) in [4.78, 5) is 12.1. The molecule has 0 aliphatic heterocycles. The fraction of sp³-hybridized carbons (Fsp3) is 0.154. The number of halogens is 1. The predicted octanol–water partition coefficient (Wildman–Crippen LogP) is 3.23. The summed E-state index contributed by atoms with van der Waals surface area (Å²) in [5, 5.41) is 4.14. The molecule has 0 spiro atoms. The monoisotopic (exact) mass is 340 g/mol. The van der Waals surface area contributed by atoms with Gasteiger partial charge in [0.2, 0.25) is 5.91 Å². The van der Waals surface area contributed by atoms with E-state index in [4.69, 9.17) is 10.5 Å². The maximum atomic E-state index is 10.9. The molecule has 0 fully saturated rings. The lowest BCUT2D eigenvalue weighted by Crippen LogP contribution is -2.10. The van der Waals surface area contributed by atoms with Crippen molar-refractivity contribution in [3.8, 4) is 5.06 Å². The number of carbonyl (C=O) groups is 1. The van der Waals surface area contributed by atoms with Gasteiger partial charge >= 0.3 is 0 Å². The Morgan fingerprint density at radius 3 is 2.63 bits per heavy atom. The van der Waals surface area contributed by atoms with Crippen LogP contribution in [0.4, 0.5) is 5.69 Å². The summed E-state index contributed by atoms with van der Waals surface area (Å²) in [5.41, 5.74) is 6.63. The number of nitrogens with one attached hydrogen (secondary N) is 1. The molecule has 0 bridgehead atoms. The second-order valence-electron chi connectivity index (χ2n) is 3.85. The molecule has 2 aromatic rings. The van der Waals surface area contributed by atoms with Crippen molar-refractivity contribution in [2.75, 3.05) is 12.4 Å². The smallest absolute Gasteiger partial charge is 0.248 e. The van der Waals surface area contributed by atoms with Gasteiger partial charge in [0, 0.05) is 22.7 Å². The molecular weight excluding hydrogens is 328 g/mol. The van der Waals surface area contributed by atoms with Gasteiger partial charge in [-0.3, -0.25) is 4.79 Å². The van der Waals surface area contributed by atoms with E-state index < -0.39 is 5.91 Å². The molecule has 6 heteroatoms. The Hall–Kier alpha value is -1.53. The first-order chi connectivity index (χ1) is 9.10. The third-order valence-corrected chi connectivity index (χ3v) is 4.48. The topological polar surface area (TPSA) is 64.3 Å². The summed E-state index contributed by atoms with van der Waals surface area (Å²) in [6.45, 7) is 0.697. The molecule has 1 amide bonds. The van der Waals surface area contributed by atoms with Crippen molar-refractivity contribution in [3.63, 3.8) is 0 Å². The van der Waals surface area contributed by atoms with Crippen molar-refractivity contribution in [2.45, 2.75) is 6.54 Å². The summed E-state index contributed by atoms with van der Waals surface area (Å²) in [5.74, 6) is -0.418. The van der Waals surface area contributed by atoms with Crippen LogP contribution >= 0.6 is 27.3 Å². The minimum absolute atomic E-state index is 0.418. The number of hydrogen-bond acceptors (Lipinski definition) is 4. The van der Waals surface area contributed by atoms with Gasteiger partial charge in [0.25, 0.3) is 0 Å². The van der Waals surface area contributed by atoms with Crippen LogP contribution in [-0.4, -0.2) is 13.0 Å². The van der Waals surface area contributed by atoms with Crippen LogP contribution in [0.3, 0.4) is 0 Å². The highest BCUT2D eigenvalue weighted by Gasteiger charge is 2.06. The number of thiophene rings is 1. The van der Waals surface area contributed by atoms with Crippen LogP contribution in [0, 0.1) is 0 Å². The Morgan fingerprint density at radius 1 is 1.42 bits per heavy atom.